The van der Waals surface area contributed by atoms with E-state index >= 15 is 0 Å². The van der Waals surface area contributed by atoms with Crippen molar-refractivity contribution in [2.24, 2.45) is 5.92 Å². The minimum atomic E-state index is 0.740. The molecule has 0 N–H and O–H groups in total. The Morgan fingerprint density at radius 1 is 1.05 bits per heavy atom. The van der Waals surface area contributed by atoms with Crippen LogP contribution in [-0.4, -0.2) is 49.7 Å². The fourth-order valence-corrected chi connectivity index (χ4v) is 3.53. The molecule has 4 nitrogen and oxygen atoms in total. The van der Waals surface area contributed by atoms with Gasteiger partial charge < -0.3 is 14.5 Å². The molecule has 0 spiro atoms. The van der Waals surface area contributed by atoms with E-state index in [2.05, 4.69) is 27.9 Å². The predicted molar refractivity (Wildman–Crippen MR) is 90.6 cm³/mol. The standard InChI is InChI=1S/C18H29N3O/c1-20-8-5-9-21(11-10-20)17-12-18(14-19-13-17)22-15-16-6-3-2-4-7-16/h12-14,16H,2-11,15H2,1H3. The number of anilines is 1. The molecule has 122 valence electrons. The smallest absolute Gasteiger partial charge is 0.139 e. The number of rotatable bonds is 4. The molecule has 1 aliphatic carbocycles. The van der Waals surface area contributed by atoms with Gasteiger partial charge in [0.05, 0.1) is 24.7 Å². The Kier molecular flexibility index (Phi) is 5.54. The highest BCUT2D eigenvalue weighted by molar-refractivity contribution is 5.48. The molecule has 2 heterocycles. The van der Waals surface area contributed by atoms with Crippen LogP contribution in [0.4, 0.5) is 5.69 Å². The van der Waals surface area contributed by atoms with Crippen LogP contribution in [0.3, 0.4) is 0 Å². The average Bonchev–Trinajstić information content (AvgIpc) is 2.79. The van der Waals surface area contributed by atoms with Crippen molar-refractivity contribution in [2.75, 3.05) is 44.7 Å². The normalized spacial score (nSPS) is 21.6. The minimum Gasteiger partial charge on any atom is -0.492 e. The van der Waals surface area contributed by atoms with Gasteiger partial charge in [-0.3, -0.25) is 4.98 Å². The third kappa shape index (κ3) is 4.35. The van der Waals surface area contributed by atoms with Crippen molar-refractivity contribution >= 4 is 5.69 Å². The first-order chi connectivity index (χ1) is 10.8. The van der Waals surface area contributed by atoms with E-state index < -0.39 is 0 Å². The molecule has 2 aliphatic rings. The summed E-state index contributed by atoms with van der Waals surface area (Å²) >= 11 is 0. The predicted octanol–water partition coefficient (Wildman–Crippen LogP) is 3.18. The van der Waals surface area contributed by atoms with Crippen molar-refractivity contribution in [3.63, 3.8) is 0 Å². The number of ether oxygens (including phenoxy) is 1. The summed E-state index contributed by atoms with van der Waals surface area (Å²) < 4.78 is 6.03. The van der Waals surface area contributed by atoms with Crippen LogP contribution in [0.25, 0.3) is 0 Å². The third-order valence-corrected chi connectivity index (χ3v) is 4.99. The fraction of sp³-hybridized carbons (Fsp3) is 0.722. The quantitative estimate of drug-likeness (QED) is 0.854. The SMILES string of the molecule is CN1CCCN(c2cncc(OCC3CCCCC3)c2)CC1. The Labute approximate surface area is 134 Å². The summed E-state index contributed by atoms with van der Waals surface area (Å²) in [7, 11) is 2.20. The van der Waals surface area contributed by atoms with Crippen molar-refractivity contribution in [3.8, 4) is 5.75 Å². The van der Waals surface area contributed by atoms with E-state index in [-0.39, 0.29) is 0 Å². The van der Waals surface area contributed by atoms with Gasteiger partial charge in [-0.05, 0) is 38.8 Å². The summed E-state index contributed by atoms with van der Waals surface area (Å²) in [4.78, 5) is 9.23. The van der Waals surface area contributed by atoms with Crippen LogP contribution in [0.15, 0.2) is 18.5 Å². The molecule has 0 unspecified atom stereocenters. The molecule has 4 heteroatoms. The number of likely N-dealkylation sites (N-methyl/N-ethyl adjacent to an activating group) is 1. The highest BCUT2D eigenvalue weighted by atomic mass is 16.5. The van der Waals surface area contributed by atoms with Gasteiger partial charge in [0.1, 0.15) is 5.75 Å². The van der Waals surface area contributed by atoms with Crippen molar-refractivity contribution < 1.29 is 4.74 Å². The number of pyridine rings is 1. The van der Waals surface area contributed by atoms with Crippen LogP contribution >= 0.6 is 0 Å². The lowest BCUT2D eigenvalue weighted by atomic mass is 9.90. The number of hydrogen-bond donors (Lipinski definition) is 0. The lowest BCUT2D eigenvalue weighted by Crippen LogP contribution is -2.28. The Bertz CT molecular complexity index is 459. The zero-order valence-electron chi connectivity index (χ0n) is 13.8. The van der Waals surface area contributed by atoms with Gasteiger partial charge in [-0.25, -0.2) is 0 Å². The summed E-state index contributed by atoms with van der Waals surface area (Å²) in [5, 5.41) is 0. The molecule has 0 radical (unpaired) electrons. The first kappa shape index (κ1) is 15.6. The Morgan fingerprint density at radius 3 is 2.77 bits per heavy atom. The Balaban J connectivity index is 1.57. The van der Waals surface area contributed by atoms with Gasteiger partial charge >= 0.3 is 0 Å². The zero-order valence-corrected chi connectivity index (χ0v) is 13.8. The van der Waals surface area contributed by atoms with E-state index in [0.29, 0.717) is 0 Å². The Morgan fingerprint density at radius 2 is 1.91 bits per heavy atom. The van der Waals surface area contributed by atoms with Crippen LogP contribution in [0.2, 0.25) is 0 Å². The third-order valence-electron chi connectivity index (χ3n) is 4.99. The molecule has 1 aliphatic heterocycles. The summed E-state index contributed by atoms with van der Waals surface area (Å²) in [5.74, 6) is 1.67. The second-order valence-corrected chi connectivity index (χ2v) is 6.84. The zero-order chi connectivity index (χ0) is 15.2. The highest BCUT2D eigenvalue weighted by Gasteiger charge is 2.16. The van der Waals surface area contributed by atoms with Crippen LogP contribution < -0.4 is 9.64 Å². The van der Waals surface area contributed by atoms with Crippen LogP contribution in [0, 0.1) is 5.92 Å². The summed E-state index contributed by atoms with van der Waals surface area (Å²) in [6.45, 7) is 5.34. The fourth-order valence-electron chi connectivity index (χ4n) is 3.53. The molecular formula is C18H29N3O. The number of nitrogens with zero attached hydrogens (tertiary/aromatic N) is 3. The van der Waals surface area contributed by atoms with Gasteiger partial charge in [0, 0.05) is 25.7 Å². The first-order valence-corrected chi connectivity index (χ1v) is 8.82. The average molecular weight is 303 g/mol. The van der Waals surface area contributed by atoms with E-state index in [0.717, 1.165) is 37.9 Å². The largest absolute Gasteiger partial charge is 0.492 e. The van der Waals surface area contributed by atoms with Crippen LogP contribution in [-0.2, 0) is 0 Å². The van der Waals surface area contributed by atoms with Crippen molar-refractivity contribution in [2.45, 2.75) is 38.5 Å². The molecule has 3 rings (SSSR count). The highest BCUT2D eigenvalue weighted by Crippen LogP contribution is 2.26. The topological polar surface area (TPSA) is 28.6 Å². The molecule has 1 saturated carbocycles. The van der Waals surface area contributed by atoms with Gasteiger partial charge in [-0.15, -0.1) is 0 Å². The lowest BCUT2D eigenvalue weighted by Gasteiger charge is -2.24. The first-order valence-electron chi connectivity index (χ1n) is 8.82. The Hall–Kier alpha value is -1.29. The second-order valence-electron chi connectivity index (χ2n) is 6.84. The molecule has 0 amide bonds. The lowest BCUT2D eigenvalue weighted by molar-refractivity contribution is 0.208. The number of aromatic nitrogens is 1. The van der Waals surface area contributed by atoms with Crippen molar-refractivity contribution in [1.29, 1.82) is 0 Å². The molecule has 2 fully saturated rings. The van der Waals surface area contributed by atoms with E-state index in [1.54, 1.807) is 0 Å². The van der Waals surface area contributed by atoms with Crippen molar-refractivity contribution in [3.05, 3.63) is 18.5 Å². The van der Waals surface area contributed by atoms with E-state index in [1.165, 1.54) is 50.8 Å². The maximum atomic E-state index is 6.03. The molecular weight excluding hydrogens is 274 g/mol. The van der Waals surface area contributed by atoms with Gasteiger partial charge in [0.2, 0.25) is 0 Å². The monoisotopic (exact) mass is 303 g/mol. The maximum absolute atomic E-state index is 6.03. The molecule has 1 aromatic heterocycles. The molecule has 1 aromatic rings. The second kappa shape index (κ2) is 7.82. The summed E-state index contributed by atoms with van der Waals surface area (Å²) in [6.07, 6.45) is 11.8. The number of hydrogen-bond acceptors (Lipinski definition) is 4. The van der Waals surface area contributed by atoms with Crippen LogP contribution in [0.5, 0.6) is 5.75 Å². The van der Waals surface area contributed by atoms with Crippen molar-refractivity contribution in [1.82, 2.24) is 9.88 Å². The maximum Gasteiger partial charge on any atom is 0.139 e. The van der Waals surface area contributed by atoms with Gasteiger partial charge in [0.15, 0.2) is 0 Å². The van der Waals surface area contributed by atoms with Gasteiger partial charge in [-0.2, -0.15) is 0 Å². The van der Waals surface area contributed by atoms with Crippen LogP contribution in [0.1, 0.15) is 38.5 Å². The molecule has 1 saturated heterocycles. The van der Waals surface area contributed by atoms with Gasteiger partial charge in [-0.1, -0.05) is 19.3 Å². The van der Waals surface area contributed by atoms with E-state index in [9.17, 15) is 0 Å². The molecule has 22 heavy (non-hydrogen) atoms. The molecule has 0 aromatic carbocycles. The van der Waals surface area contributed by atoms with Gasteiger partial charge in [0.25, 0.3) is 0 Å². The molecule has 0 bridgehead atoms. The summed E-state index contributed by atoms with van der Waals surface area (Å²) in [5.41, 5.74) is 1.21. The van der Waals surface area contributed by atoms with E-state index in [1.807, 2.05) is 12.4 Å². The molecule has 0 atom stereocenters. The van der Waals surface area contributed by atoms with E-state index in [4.69, 9.17) is 4.74 Å². The minimum absolute atomic E-state index is 0.740. The summed E-state index contributed by atoms with van der Waals surface area (Å²) in [6, 6.07) is 2.17.